The van der Waals surface area contributed by atoms with Gasteiger partial charge in [-0.2, -0.15) is 0 Å². The van der Waals surface area contributed by atoms with E-state index in [2.05, 4.69) is 4.98 Å². The van der Waals surface area contributed by atoms with Crippen molar-refractivity contribution < 1.29 is 9.53 Å². The number of aryl methyl sites for hydroxylation is 2. The van der Waals surface area contributed by atoms with Gasteiger partial charge in [0.2, 0.25) is 0 Å². The molecule has 5 heteroatoms. The van der Waals surface area contributed by atoms with Crippen LogP contribution in [0, 0.1) is 0 Å². The second-order valence-corrected chi connectivity index (χ2v) is 7.12. The van der Waals surface area contributed by atoms with Gasteiger partial charge in [0.1, 0.15) is 6.61 Å². The number of ether oxygens (including phenoxy) is 1. The lowest BCUT2D eigenvalue weighted by Gasteiger charge is -2.13. The van der Waals surface area contributed by atoms with Crippen molar-refractivity contribution in [1.29, 1.82) is 0 Å². The first-order valence-electron chi connectivity index (χ1n) is 8.37. The van der Waals surface area contributed by atoms with Crippen molar-refractivity contribution >= 4 is 40.1 Å². The molecule has 0 aliphatic heterocycles. The molecule has 3 aromatic rings. The summed E-state index contributed by atoms with van der Waals surface area (Å²) in [6, 6.07) is 11.0. The van der Waals surface area contributed by atoms with Crippen LogP contribution in [0.2, 0.25) is 10.0 Å². The summed E-state index contributed by atoms with van der Waals surface area (Å²) < 4.78 is 5.52. The minimum absolute atomic E-state index is 0.123. The quantitative estimate of drug-likeness (QED) is 0.597. The lowest BCUT2D eigenvalue weighted by molar-refractivity contribution is 0.0475. The van der Waals surface area contributed by atoms with Gasteiger partial charge in [0.05, 0.1) is 10.6 Å². The second-order valence-electron chi connectivity index (χ2n) is 6.30. The number of nitrogens with one attached hydrogen (secondary N) is 1. The molecule has 4 rings (SSSR count). The third-order valence-electron chi connectivity index (χ3n) is 4.73. The van der Waals surface area contributed by atoms with Crippen LogP contribution in [0.5, 0.6) is 0 Å². The number of carbonyl (C=O) groups excluding carboxylic acids is 1. The molecule has 0 spiro atoms. The highest BCUT2D eigenvalue weighted by Crippen LogP contribution is 2.35. The van der Waals surface area contributed by atoms with Crippen LogP contribution in [0.4, 0.5) is 0 Å². The Labute approximate surface area is 155 Å². The van der Waals surface area contributed by atoms with Gasteiger partial charge in [0, 0.05) is 27.2 Å². The number of rotatable bonds is 3. The highest BCUT2D eigenvalue weighted by Gasteiger charge is 2.23. The van der Waals surface area contributed by atoms with Gasteiger partial charge in [-0.25, -0.2) is 4.79 Å². The highest BCUT2D eigenvalue weighted by atomic mass is 35.5. The van der Waals surface area contributed by atoms with Crippen molar-refractivity contribution in [1.82, 2.24) is 4.98 Å². The lowest BCUT2D eigenvalue weighted by Crippen LogP contribution is -2.08. The predicted molar refractivity (Wildman–Crippen MR) is 101 cm³/mol. The van der Waals surface area contributed by atoms with Crippen LogP contribution in [0.3, 0.4) is 0 Å². The molecular formula is C20H17Cl2NO2. The van der Waals surface area contributed by atoms with Crippen LogP contribution in [0.15, 0.2) is 36.4 Å². The van der Waals surface area contributed by atoms with E-state index in [1.807, 2.05) is 24.3 Å². The SMILES string of the molecule is O=C(OCc1ccccc1Cl)c1c(Cl)ccc2[nH]c3c(c12)CCCC3. The van der Waals surface area contributed by atoms with Crippen molar-refractivity contribution in [3.05, 3.63) is 68.8 Å². The average Bonchev–Trinajstić information content (AvgIpc) is 2.99. The molecule has 0 unspecified atom stereocenters. The maximum Gasteiger partial charge on any atom is 0.340 e. The molecule has 25 heavy (non-hydrogen) atoms. The molecule has 0 amide bonds. The second kappa shape index (κ2) is 6.74. The summed E-state index contributed by atoms with van der Waals surface area (Å²) in [7, 11) is 0. The zero-order valence-corrected chi connectivity index (χ0v) is 15.1. The average molecular weight is 374 g/mol. The fraction of sp³-hybridized carbons (Fsp3) is 0.250. The Hall–Kier alpha value is -1.97. The van der Waals surface area contributed by atoms with Gasteiger partial charge in [-0.1, -0.05) is 41.4 Å². The van der Waals surface area contributed by atoms with E-state index in [0.29, 0.717) is 15.6 Å². The van der Waals surface area contributed by atoms with Gasteiger partial charge in [-0.05, 0) is 49.4 Å². The van der Waals surface area contributed by atoms with Crippen molar-refractivity contribution in [2.24, 2.45) is 0 Å². The van der Waals surface area contributed by atoms with Gasteiger partial charge in [-0.15, -0.1) is 0 Å². The van der Waals surface area contributed by atoms with Crippen LogP contribution >= 0.6 is 23.2 Å². The number of carbonyl (C=O) groups is 1. The fourth-order valence-electron chi connectivity index (χ4n) is 3.51. The van der Waals surface area contributed by atoms with E-state index in [-0.39, 0.29) is 6.61 Å². The Morgan fingerprint density at radius 1 is 1.04 bits per heavy atom. The minimum atomic E-state index is -0.414. The summed E-state index contributed by atoms with van der Waals surface area (Å²) in [6.07, 6.45) is 4.26. The van der Waals surface area contributed by atoms with Crippen molar-refractivity contribution in [3.63, 3.8) is 0 Å². The maximum atomic E-state index is 12.8. The Morgan fingerprint density at radius 2 is 1.84 bits per heavy atom. The Bertz CT molecular complexity index is 962. The summed E-state index contributed by atoms with van der Waals surface area (Å²) in [5.41, 5.74) is 4.58. The van der Waals surface area contributed by atoms with Crippen LogP contribution < -0.4 is 0 Å². The summed E-state index contributed by atoms with van der Waals surface area (Å²) >= 11 is 12.5. The summed E-state index contributed by atoms with van der Waals surface area (Å²) in [4.78, 5) is 16.2. The van der Waals surface area contributed by atoms with Gasteiger partial charge in [0.25, 0.3) is 0 Å². The normalized spacial score (nSPS) is 13.7. The molecule has 1 aliphatic rings. The van der Waals surface area contributed by atoms with Crippen LogP contribution in [0.1, 0.15) is 40.0 Å². The summed E-state index contributed by atoms with van der Waals surface area (Å²) in [5.74, 6) is -0.414. The van der Waals surface area contributed by atoms with Crippen LogP contribution in [0.25, 0.3) is 10.9 Å². The molecule has 1 aromatic heterocycles. The Kier molecular flexibility index (Phi) is 4.45. The molecule has 2 aromatic carbocycles. The number of aromatic nitrogens is 1. The molecule has 0 fully saturated rings. The molecule has 1 aliphatic carbocycles. The van der Waals surface area contributed by atoms with Gasteiger partial charge < -0.3 is 9.72 Å². The van der Waals surface area contributed by atoms with E-state index in [0.717, 1.165) is 35.7 Å². The number of benzene rings is 2. The third-order valence-corrected chi connectivity index (χ3v) is 5.41. The smallest absolute Gasteiger partial charge is 0.340 e. The van der Waals surface area contributed by atoms with Crippen molar-refractivity contribution in [3.8, 4) is 0 Å². The van der Waals surface area contributed by atoms with E-state index in [1.165, 1.54) is 17.7 Å². The number of esters is 1. The van der Waals surface area contributed by atoms with Crippen molar-refractivity contribution in [2.45, 2.75) is 32.3 Å². The molecule has 0 saturated carbocycles. The zero-order valence-electron chi connectivity index (χ0n) is 13.6. The van der Waals surface area contributed by atoms with E-state index >= 15 is 0 Å². The number of hydrogen-bond acceptors (Lipinski definition) is 2. The lowest BCUT2D eigenvalue weighted by atomic mass is 9.94. The monoisotopic (exact) mass is 373 g/mol. The predicted octanol–water partition coefficient (Wildman–Crippen LogP) is 5.71. The molecule has 1 heterocycles. The first-order chi connectivity index (χ1) is 12.1. The van der Waals surface area contributed by atoms with E-state index < -0.39 is 5.97 Å². The highest BCUT2D eigenvalue weighted by molar-refractivity contribution is 6.35. The molecular weight excluding hydrogens is 357 g/mol. The first kappa shape index (κ1) is 16.5. The molecule has 0 atom stereocenters. The standard InChI is InChI=1S/C20H17Cl2NO2/c21-14-7-3-1-5-12(14)11-25-20(24)19-15(22)9-10-17-18(19)13-6-2-4-8-16(13)23-17/h1,3,5,7,9-10,23H,2,4,6,8,11H2. The Balaban J connectivity index is 1.70. The molecule has 0 bridgehead atoms. The van der Waals surface area contributed by atoms with E-state index in [9.17, 15) is 4.79 Å². The van der Waals surface area contributed by atoms with Crippen molar-refractivity contribution in [2.75, 3.05) is 0 Å². The van der Waals surface area contributed by atoms with Crippen LogP contribution in [-0.2, 0) is 24.2 Å². The molecule has 128 valence electrons. The van der Waals surface area contributed by atoms with Gasteiger partial charge in [-0.3, -0.25) is 0 Å². The number of H-pyrrole nitrogens is 1. The van der Waals surface area contributed by atoms with Gasteiger partial charge >= 0.3 is 5.97 Å². The third kappa shape index (κ3) is 3.03. The number of fused-ring (bicyclic) bond motifs is 3. The fourth-order valence-corrected chi connectivity index (χ4v) is 3.93. The molecule has 1 N–H and O–H groups in total. The number of hydrogen-bond donors (Lipinski definition) is 1. The first-order valence-corrected chi connectivity index (χ1v) is 9.13. The zero-order chi connectivity index (χ0) is 17.4. The van der Waals surface area contributed by atoms with E-state index in [4.69, 9.17) is 27.9 Å². The molecule has 3 nitrogen and oxygen atoms in total. The maximum absolute atomic E-state index is 12.8. The largest absolute Gasteiger partial charge is 0.457 e. The topological polar surface area (TPSA) is 42.1 Å². The Morgan fingerprint density at radius 3 is 2.68 bits per heavy atom. The van der Waals surface area contributed by atoms with Crippen LogP contribution in [-0.4, -0.2) is 11.0 Å². The number of halogens is 2. The summed E-state index contributed by atoms with van der Waals surface area (Å²) in [5, 5.41) is 1.91. The van der Waals surface area contributed by atoms with E-state index in [1.54, 1.807) is 12.1 Å². The minimum Gasteiger partial charge on any atom is -0.457 e. The summed E-state index contributed by atoms with van der Waals surface area (Å²) in [6.45, 7) is 0.123. The molecule has 0 radical (unpaired) electrons. The molecule has 0 saturated heterocycles. The van der Waals surface area contributed by atoms with Gasteiger partial charge in [0.15, 0.2) is 0 Å². The number of aromatic amines is 1.